The standard InChI is InChI=1S/C16H19N3O/c1-2-19(11-12-6-4-3-5-7-12)16(20)13-8-9-14(17)15(18)10-13/h3-10H,2,11,17-18H2,1H3. The summed E-state index contributed by atoms with van der Waals surface area (Å²) in [4.78, 5) is 14.3. The number of carbonyl (C=O) groups is 1. The average molecular weight is 269 g/mol. The van der Waals surface area contributed by atoms with Gasteiger partial charge in [-0.2, -0.15) is 0 Å². The number of nitrogens with zero attached hydrogens (tertiary/aromatic N) is 1. The van der Waals surface area contributed by atoms with E-state index in [-0.39, 0.29) is 5.91 Å². The lowest BCUT2D eigenvalue weighted by molar-refractivity contribution is 0.0752. The molecule has 104 valence electrons. The van der Waals surface area contributed by atoms with Crippen LogP contribution in [0.4, 0.5) is 11.4 Å². The third-order valence-corrected chi connectivity index (χ3v) is 3.22. The molecule has 0 saturated heterocycles. The van der Waals surface area contributed by atoms with E-state index in [1.807, 2.05) is 37.3 Å². The molecule has 0 saturated carbocycles. The molecule has 0 atom stereocenters. The van der Waals surface area contributed by atoms with Crippen LogP contribution < -0.4 is 11.5 Å². The number of hydrogen-bond donors (Lipinski definition) is 2. The van der Waals surface area contributed by atoms with Gasteiger partial charge in [-0.25, -0.2) is 0 Å². The van der Waals surface area contributed by atoms with Crippen molar-refractivity contribution in [1.29, 1.82) is 0 Å². The van der Waals surface area contributed by atoms with E-state index in [1.54, 1.807) is 23.1 Å². The zero-order valence-corrected chi connectivity index (χ0v) is 11.5. The van der Waals surface area contributed by atoms with Crippen LogP contribution >= 0.6 is 0 Å². The normalized spacial score (nSPS) is 10.2. The molecule has 0 aliphatic carbocycles. The van der Waals surface area contributed by atoms with Crippen LogP contribution in [0.15, 0.2) is 48.5 Å². The molecular weight excluding hydrogens is 250 g/mol. The van der Waals surface area contributed by atoms with Crippen LogP contribution in [0.2, 0.25) is 0 Å². The summed E-state index contributed by atoms with van der Waals surface area (Å²) in [5.74, 6) is -0.0388. The summed E-state index contributed by atoms with van der Waals surface area (Å²) in [5.41, 5.74) is 14.0. The van der Waals surface area contributed by atoms with E-state index < -0.39 is 0 Å². The maximum Gasteiger partial charge on any atom is 0.254 e. The second-order valence-corrected chi connectivity index (χ2v) is 4.65. The maximum atomic E-state index is 12.5. The first kappa shape index (κ1) is 13.9. The predicted octanol–water partition coefficient (Wildman–Crippen LogP) is 2.51. The van der Waals surface area contributed by atoms with Crippen molar-refractivity contribution < 1.29 is 4.79 Å². The summed E-state index contributed by atoms with van der Waals surface area (Å²) in [6, 6.07) is 14.9. The highest BCUT2D eigenvalue weighted by Gasteiger charge is 2.15. The van der Waals surface area contributed by atoms with Crippen molar-refractivity contribution in [2.24, 2.45) is 0 Å². The van der Waals surface area contributed by atoms with E-state index in [0.717, 1.165) is 5.56 Å². The molecular formula is C16H19N3O. The van der Waals surface area contributed by atoms with Gasteiger partial charge in [-0.15, -0.1) is 0 Å². The van der Waals surface area contributed by atoms with Crippen molar-refractivity contribution in [3.05, 3.63) is 59.7 Å². The van der Waals surface area contributed by atoms with Crippen LogP contribution in [-0.4, -0.2) is 17.4 Å². The first-order valence-corrected chi connectivity index (χ1v) is 6.60. The lowest BCUT2D eigenvalue weighted by Crippen LogP contribution is -2.30. The highest BCUT2D eigenvalue weighted by Crippen LogP contribution is 2.18. The van der Waals surface area contributed by atoms with Crippen molar-refractivity contribution in [2.75, 3.05) is 18.0 Å². The molecule has 0 aromatic heterocycles. The third-order valence-electron chi connectivity index (χ3n) is 3.22. The van der Waals surface area contributed by atoms with Crippen LogP contribution in [0.3, 0.4) is 0 Å². The van der Waals surface area contributed by atoms with E-state index >= 15 is 0 Å². The summed E-state index contributed by atoms with van der Waals surface area (Å²) in [7, 11) is 0. The smallest absolute Gasteiger partial charge is 0.254 e. The van der Waals surface area contributed by atoms with Crippen molar-refractivity contribution in [2.45, 2.75) is 13.5 Å². The second kappa shape index (κ2) is 6.10. The summed E-state index contributed by atoms with van der Waals surface area (Å²) in [6.45, 7) is 3.18. The molecule has 1 amide bonds. The number of nitrogens with two attached hydrogens (primary N) is 2. The number of anilines is 2. The van der Waals surface area contributed by atoms with Crippen molar-refractivity contribution in [3.8, 4) is 0 Å². The van der Waals surface area contributed by atoms with Gasteiger partial charge in [-0.05, 0) is 30.7 Å². The Balaban J connectivity index is 2.18. The number of rotatable bonds is 4. The quantitative estimate of drug-likeness (QED) is 0.838. The number of amides is 1. The second-order valence-electron chi connectivity index (χ2n) is 4.65. The number of carbonyl (C=O) groups excluding carboxylic acids is 1. The molecule has 2 aromatic rings. The van der Waals surface area contributed by atoms with Crippen LogP contribution in [0, 0.1) is 0 Å². The SMILES string of the molecule is CCN(Cc1ccccc1)C(=O)c1ccc(N)c(N)c1. The third kappa shape index (κ3) is 3.09. The van der Waals surface area contributed by atoms with Gasteiger partial charge >= 0.3 is 0 Å². The van der Waals surface area contributed by atoms with Gasteiger partial charge in [0.25, 0.3) is 5.91 Å². The zero-order chi connectivity index (χ0) is 14.5. The molecule has 0 unspecified atom stereocenters. The Morgan fingerprint density at radius 3 is 2.35 bits per heavy atom. The van der Waals surface area contributed by atoms with Gasteiger partial charge in [0.05, 0.1) is 11.4 Å². The number of nitrogen functional groups attached to an aromatic ring is 2. The van der Waals surface area contributed by atoms with Gasteiger partial charge in [0.15, 0.2) is 0 Å². The van der Waals surface area contributed by atoms with E-state index in [4.69, 9.17) is 11.5 Å². The average Bonchev–Trinajstić information content (AvgIpc) is 2.48. The monoisotopic (exact) mass is 269 g/mol. The predicted molar refractivity (Wildman–Crippen MR) is 82.1 cm³/mol. The Hall–Kier alpha value is -2.49. The van der Waals surface area contributed by atoms with Crippen LogP contribution in [0.5, 0.6) is 0 Å². The molecule has 4 N–H and O–H groups in total. The van der Waals surface area contributed by atoms with Crippen LogP contribution in [0.1, 0.15) is 22.8 Å². The Bertz CT molecular complexity index is 596. The summed E-state index contributed by atoms with van der Waals surface area (Å²) in [5, 5.41) is 0. The lowest BCUT2D eigenvalue weighted by Gasteiger charge is -2.21. The Kier molecular flexibility index (Phi) is 4.25. The van der Waals surface area contributed by atoms with Gasteiger partial charge in [0, 0.05) is 18.7 Å². The molecule has 2 rings (SSSR count). The fraction of sp³-hybridized carbons (Fsp3) is 0.188. The van der Waals surface area contributed by atoms with Crippen LogP contribution in [-0.2, 0) is 6.54 Å². The van der Waals surface area contributed by atoms with Gasteiger partial charge in [0.2, 0.25) is 0 Å². The van der Waals surface area contributed by atoms with Crippen LogP contribution in [0.25, 0.3) is 0 Å². The Morgan fingerprint density at radius 1 is 1.05 bits per heavy atom. The Morgan fingerprint density at radius 2 is 1.75 bits per heavy atom. The van der Waals surface area contributed by atoms with Gasteiger partial charge in [0.1, 0.15) is 0 Å². The molecule has 0 fully saturated rings. The molecule has 4 heteroatoms. The topological polar surface area (TPSA) is 72.3 Å². The highest BCUT2D eigenvalue weighted by atomic mass is 16.2. The fourth-order valence-electron chi connectivity index (χ4n) is 2.02. The first-order valence-electron chi connectivity index (χ1n) is 6.60. The van der Waals surface area contributed by atoms with E-state index in [1.165, 1.54) is 0 Å². The molecule has 0 aliphatic rings. The fourth-order valence-corrected chi connectivity index (χ4v) is 2.02. The molecule has 0 bridgehead atoms. The van der Waals surface area contributed by atoms with Crippen molar-refractivity contribution in [3.63, 3.8) is 0 Å². The molecule has 4 nitrogen and oxygen atoms in total. The largest absolute Gasteiger partial charge is 0.397 e. The molecule has 20 heavy (non-hydrogen) atoms. The zero-order valence-electron chi connectivity index (χ0n) is 11.5. The van der Waals surface area contributed by atoms with E-state index in [2.05, 4.69) is 0 Å². The molecule has 0 aliphatic heterocycles. The molecule has 0 spiro atoms. The minimum atomic E-state index is -0.0388. The summed E-state index contributed by atoms with van der Waals surface area (Å²) < 4.78 is 0. The first-order chi connectivity index (χ1) is 9.61. The summed E-state index contributed by atoms with van der Waals surface area (Å²) in [6.07, 6.45) is 0. The number of hydrogen-bond acceptors (Lipinski definition) is 3. The van der Waals surface area contributed by atoms with E-state index in [9.17, 15) is 4.79 Å². The van der Waals surface area contributed by atoms with Gasteiger partial charge in [-0.1, -0.05) is 30.3 Å². The van der Waals surface area contributed by atoms with Crippen molar-refractivity contribution >= 4 is 17.3 Å². The number of benzene rings is 2. The van der Waals surface area contributed by atoms with Crippen molar-refractivity contribution in [1.82, 2.24) is 4.90 Å². The maximum absolute atomic E-state index is 12.5. The minimum Gasteiger partial charge on any atom is -0.397 e. The molecule has 2 aromatic carbocycles. The van der Waals surface area contributed by atoms with Gasteiger partial charge < -0.3 is 16.4 Å². The Labute approximate surface area is 119 Å². The van der Waals surface area contributed by atoms with Gasteiger partial charge in [-0.3, -0.25) is 4.79 Å². The summed E-state index contributed by atoms with van der Waals surface area (Å²) >= 11 is 0. The molecule has 0 heterocycles. The molecule has 0 radical (unpaired) electrons. The van der Waals surface area contributed by atoms with E-state index in [0.29, 0.717) is 30.0 Å². The minimum absolute atomic E-state index is 0.0388. The lowest BCUT2D eigenvalue weighted by atomic mass is 10.1. The highest BCUT2D eigenvalue weighted by molar-refractivity contribution is 5.96.